The summed E-state index contributed by atoms with van der Waals surface area (Å²) in [6.07, 6.45) is -0.00925. The Morgan fingerprint density at radius 1 is 1.58 bits per heavy atom. The highest BCUT2D eigenvalue weighted by Crippen LogP contribution is 2.24. The molecule has 1 atom stereocenters. The van der Waals surface area contributed by atoms with Gasteiger partial charge in [-0.15, -0.1) is 0 Å². The summed E-state index contributed by atoms with van der Waals surface area (Å²) in [5.41, 5.74) is 0.148. The van der Waals surface area contributed by atoms with E-state index in [1.54, 1.807) is 23.1 Å². The van der Waals surface area contributed by atoms with E-state index < -0.39 is 0 Å². The largest absolute Gasteiger partial charge is 0.508 e. The second kappa shape index (κ2) is 5.51. The molecule has 1 saturated heterocycles. The SMILES string of the molecule is CC1(C)CN(C(=O)c2cccc(O)c2)CC(CBr)O1. The molecule has 1 aliphatic heterocycles. The molecular weight excluding hydrogens is 310 g/mol. The van der Waals surface area contributed by atoms with Crippen LogP contribution < -0.4 is 0 Å². The maximum atomic E-state index is 12.4. The van der Waals surface area contributed by atoms with Gasteiger partial charge in [0.1, 0.15) is 5.75 Å². The summed E-state index contributed by atoms with van der Waals surface area (Å²) < 4.78 is 5.87. The average molecular weight is 328 g/mol. The molecule has 5 heteroatoms. The predicted molar refractivity (Wildman–Crippen MR) is 76.8 cm³/mol. The first-order valence-electron chi connectivity index (χ1n) is 6.23. The number of phenolic OH excluding ortho intramolecular Hbond substituents is 1. The molecule has 1 unspecified atom stereocenters. The lowest BCUT2D eigenvalue weighted by atomic mass is 10.0. The summed E-state index contributed by atoms with van der Waals surface area (Å²) >= 11 is 3.40. The zero-order chi connectivity index (χ0) is 14.0. The van der Waals surface area contributed by atoms with Crippen LogP contribution >= 0.6 is 15.9 Å². The minimum Gasteiger partial charge on any atom is -0.508 e. The van der Waals surface area contributed by atoms with Crippen LogP contribution in [-0.2, 0) is 4.74 Å². The van der Waals surface area contributed by atoms with Crippen molar-refractivity contribution in [3.63, 3.8) is 0 Å². The van der Waals surface area contributed by atoms with E-state index in [0.29, 0.717) is 24.0 Å². The third-order valence-electron chi connectivity index (χ3n) is 3.03. The summed E-state index contributed by atoms with van der Waals surface area (Å²) in [4.78, 5) is 14.2. The first kappa shape index (κ1) is 14.3. The number of carbonyl (C=O) groups is 1. The Bertz CT molecular complexity index is 476. The minimum absolute atomic E-state index is 0.00925. The van der Waals surface area contributed by atoms with E-state index in [4.69, 9.17) is 4.74 Å². The number of morpholine rings is 1. The topological polar surface area (TPSA) is 49.8 Å². The van der Waals surface area contributed by atoms with Crippen LogP contribution in [0.3, 0.4) is 0 Å². The van der Waals surface area contributed by atoms with E-state index in [-0.39, 0.29) is 23.4 Å². The summed E-state index contributed by atoms with van der Waals surface area (Å²) in [6.45, 7) is 5.06. The van der Waals surface area contributed by atoms with Gasteiger partial charge in [-0.2, -0.15) is 0 Å². The fraction of sp³-hybridized carbons (Fsp3) is 0.500. The maximum absolute atomic E-state index is 12.4. The number of hydrogen-bond acceptors (Lipinski definition) is 3. The number of phenols is 1. The summed E-state index contributed by atoms with van der Waals surface area (Å²) in [6, 6.07) is 6.44. The molecule has 1 heterocycles. The molecule has 4 nitrogen and oxygen atoms in total. The predicted octanol–water partition coefficient (Wildman–Crippen LogP) is 2.41. The van der Waals surface area contributed by atoms with Crippen LogP contribution in [0.5, 0.6) is 5.75 Å². The molecule has 0 radical (unpaired) electrons. The number of benzene rings is 1. The van der Waals surface area contributed by atoms with E-state index in [1.807, 2.05) is 13.8 Å². The van der Waals surface area contributed by atoms with Crippen LogP contribution in [0.2, 0.25) is 0 Å². The Kier molecular flexibility index (Phi) is 4.16. The van der Waals surface area contributed by atoms with Crippen molar-refractivity contribution in [2.24, 2.45) is 0 Å². The number of alkyl halides is 1. The molecule has 1 aromatic carbocycles. The number of ether oxygens (including phenoxy) is 1. The number of nitrogens with zero attached hydrogens (tertiary/aromatic N) is 1. The first-order valence-corrected chi connectivity index (χ1v) is 7.35. The maximum Gasteiger partial charge on any atom is 0.254 e. The second-order valence-electron chi connectivity index (χ2n) is 5.39. The van der Waals surface area contributed by atoms with Gasteiger partial charge in [-0.1, -0.05) is 22.0 Å². The van der Waals surface area contributed by atoms with Crippen molar-refractivity contribution in [1.29, 1.82) is 0 Å². The van der Waals surface area contributed by atoms with E-state index >= 15 is 0 Å². The van der Waals surface area contributed by atoms with E-state index in [9.17, 15) is 9.90 Å². The molecule has 0 saturated carbocycles. The molecule has 0 aliphatic carbocycles. The van der Waals surface area contributed by atoms with Gasteiger partial charge < -0.3 is 14.7 Å². The number of aromatic hydroxyl groups is 1. The van der Waals surface area contributed by atoms with Crippen LogP contribution in [0, 0.1) is 0 Å². The van der Waals surface area contributed by atoms with Gasteiger partial charge in [0.15, 0.2) is 0 Å². The van der Waals surface area contributed by atoms with Crippen molar-refractivity contribution in [2.45, 2.75) is 25.6 Å². The van der Waals surface area contributed by atoms with Crippen molar-refractivity contribution in [3.8, 4) is 5.75 Å². The van der Waals surface area contributed by atoms with Gasteiger partial charge in [0, 0.05) is 24.0 Å². The lowest BCUT2D eigenvalue weighted by molar-refractivity contribution is -0.116. The third-order valence-corrected chi connectivity index (χ3v) is 3.76. The van der Waals surface area contributed by atoms with Crippen LogP contribution in [-0.4, -0.2) is 46.0 Å². The lowest BCUT2D eigenvalue weighted by Crippen LogP contribution is -2.55. The Labute approximate surface area is 121 Å². The average Bonchev–Trinajstić information content (AvgIpc) is 2.36. The van der Waals surface area contributed by atoms with Crippen molar-refractivity contribution in [3.05, 3.63) is 29.8 Å². The summed E-state index contributed by atoms with van der Waals surface area (Å²) in [5, 5.41) is 10.2. The van der Waals surface area contributed by atoms with Crippen molar-refractivity contribution in [1.82, 2.24) is 4.90 Å². The van der Waals surface area contributed by atoms with Crippen LogP contribution in [0.25, 0.3) is 0 Å². The highest BCUT2D eigenvalue weighted by molar-refractivity contribution is 9.09. The Morgan fingerprint density at radius 3 is 2.95 bits per heavy atom. The second-order valence-corrected chi connectivity index (χ2v) is 6.04. The Morgan fingerprint density at radius 2 is 2.32 bits per heavy atom. The van der Waals surface area contributed by atoms with Crippen molar-refractivity contribution >= 4 is 21.8 Å². The molecule has 104 valence electrons. The van der Waals surface area contributed by atoms with Crippen molar-refractivity contribution < 1.29 is 14.6 Å². The van der Waals surface area contributed by atoms with Gasteiger partial charge in [0.05, 0.1) is 11.7 Å². The molecule has 1 fully saturated rings. The molecule has 19 heavy (non-hydrogen) atoms. The van der Waals surface area contributed by atoms with Gasteiger partial charge >= 0.3 is 0 Å². The van der Waals surface area contributed by atoms with Crippen LogP contribution in [0.15, 0.2) is 24.3 Å². The number of carbonyl (C=O) groups excluding carboxylic acids is 1. The highest BCUT2D eigenvalue weighted by Gasteiger charge is 2.35. The van der Waals surface area contributed by atoms with E-state index in [0.717, 1.165) is 0 Å². The fourth-order valence-electron chi connectivity index (χ4n) is 2.35. The normalized spacial score (nSPS) is 22.3. The number of rotatable bonds is 2. The lowest BCUT2D eigenvalue weighted by Gasteiger charge is -2.42. The fourth-order valence-corrected chi connectivity index (χ4v) is 2.69. The van der Waals surface area contributed by atoms with Crippen LogP contribution in [0.4, 0.5) is 0 Å². The molecule has 1 aromatic rings. The third kappa shape index (κ3) is 3.48. The number of halogens is 1. The zero-order valence-corrected chi connectivity index (χ0v) is 12.7. The van der Waals surface area contributed by atoms with Gasteiger partial charge in [-0.05, 0) is 32.0 Å². The molecule has 2 rings (SSSR count). The summed E-state index contributed by atoms with van der Waals surface area (Å²) in [5.74, 6) is 0.0358. The summed E-state index contributed by atoms with van der Waals surface area (Å²) in [7, 11) is 0. The monoisotopic (exact) mass is 327 g/mol. The van der Waals surface area contributed by atoms with E-state index in [1.165, 1.54) is 6.07 Å². The van der Waals surface area contributed by atoms with Crippen LogP contribution in [0.1, 0.15) is 24.2 Å². The van der Waals surface area contributed by atoms with E-state index in [2.05, 4.69) is 15.9 Å². The number of amides is 1. The molecular formula is C14H18BrNO3. The first-order chi connectivity index (χ1) is 8.91. The van der Waals surface area contributed by atoms with Crippen molar-refractivity contribution in [2.75, 3.05) is 18.4 Å². The molecule has 0 bridgehead atoms. The Hall–Kier alpha value is -1.07. The highest BCUT2D eigenvalue weighted by atomic mass is 79.9. The number of hydrogen-bond donors (Lipinski definition) is 1. The zero-order valence-electron chi connectivity index (χ0n) is 11.1. The minimum atomic E-state index is -0.358. The van der Waals surface area contributed by atoms with Gasteiger partial charge in [0.25, 0.3) is 5.91 Å². The smallest absolute Gasteiger partial charge is 0.254 e. The quantitative estimate of drug-likeness (QED) is 0.848. The van der Waals surface area contributed by atoms with Gasteiger partial charge in [0.2, 0.25) is 0 Å². The standard InChI is InChI=1S/C14H18BrNO3/c1-14(2)9-16(8-12(7-15)19-14)13(18)10-4-3-5-11(17)6-10/h3-6,12,17H,7-9H2,1-2H3. The molecule has 1 aliphatic rings. The van der Waals surface area contributed by atoms with Gasteiger partial charge in [-0.3, -0.25) is 4.79 Å². The molecule has 1 amide bonds. The molecule has 1 N–H and O–H groups in total. The van der Waals surface area contributed by atoms with Gasteiger partial charge in [-0.25, -0.2) is 0 Å². The molecule has 0 aromatic heterocycles. The Balaban J connectivity index is 2.18. The molecule has 0 spiro atoms.